The van der Waals surface area contributed by atoms with Crippen molar-refractivity contribution < 1.29 is 9.47 Å². The van der Waals surface area contributed by atoms with E-state index in [2.05, 4.69) is 43.5 Å². The molecular weight excluding hydrogens is 416 g/mol. The van der Waals surface area contributed by atoms with Crippen molar-refractivity contribution in [3.05, 3.63) is 56.1 Å². The van der Waals surface area contributed by atoms with Crippen LogP contribution in [0, 0.1) is 0 Å². The molecule has 7 heteroatoms. The smallest absolute Gasteiger partial charge is 0.286 e. The van der Waals surface area contributed by atoms with Crippen molar-refractivity contribution in [2.45, 2.75) is 13.3 Å². The Balaban J connectivity index is 3.13. The number of ether oxygens (including phenoxy) is 2. The lowest BCUT2D eigenvalue weighted by Crippen LogP contribution is -2.22. The number of rotatable bonds is 8. The normalized spacial score (nSPS) is 11.9. The summed E-state index contributed by atoms with van der Waals surface area (Å²) in [5.41, 5.74) is 0.300. The Labute approximate surface area is 146 Å². The summed E-state index contributed by atoms with van der Waals surface area (Å²) in [5, 5.41) is 4.13. The molecule has 1 aromatic heterocycles. The van der Waals surface area contributed by atoms with Crippen molar-refractivity contribution in [3.63, 3.8) is 0 Å². The third-order valence-electron chi connectivity index (χ3n) is 2.53. The molecule has 0 saturated heterocycles. The molecule has 0 bridgehead atoms. The standard InChI is InChI=1S/C15H18Br2N2O3/c1-4-5-6-12(9-11(2)22-8-7-21-3)19-15(20)14(17)13(16)10-18-19/h5-6,9-10H,2,4,7-8H2,1,3H3/b6-5-,12-9+. The highest BCUT2D eigenvalue weighted by Crippen LogP contribution is 2.18. The first-order chi connectivity index (χ1) is 10.5. The second-order valence-electron chi connectivity index (χ2n) is 4.21. The van der Waals surface area contributed by atoms with Crippen LogP contribution >= 0.6 is 31.9 Å². The van der Waals surface area contributed by atoms with Crippen molar-refractivity contribution >= 4 is 37.6 Å². The quantitative estimate of drug-likeness (QED) is 0.356. The molecule has 0 fully saturated rings. The topological polar surface area (TPSA) is 53.4 Å². The summed E-state index contributed by atoms with van der Waals surface area (Å²) in [6.07, 6.45) is 7.78. The molecular formula is C15H18Br2N2O3. The van der Waals surface area contributed by atoms with Gasteiger partial charge in [0.15, 0.2) is 0 Å². The van der Waals surface area contributed by atoms with Crippen LogP contribution in [0.15, 0.2) is 50.5 Å². The highest BCUT2D eigenvalue weighted by Gasteiger charge is 2.09. The van der Waals surface area contributed by atoms with E-state index in [9.17, 15) is 4.79 Å². The summed E-state index contributed by atoms with van der Waals surface area (Å²) in [7, 11) is 1.60. The average Bonchev–Trinajstić information content (AvgIpc) is 2.50. The summed E-state index contributed by atoms with van der Waals surface area (Å²) in [4.78, 5) is 12.3. The van der Waals surface area contributed by atoms with Crippen LogP contribution in [0.25, 0.3) is 5.70 Å². The van der Waals surface area contributed by atoms with Crippen LogP contribution < -0.4 is 5.56 Å². The number of allylic oxidation sites excluding steroid dienone is 4. The number of aromatic nitrogens is 2. The maximum Gasteiger partial charge on any atom is 0.286 e. The van der Waals surface area contributed by atoms with E-state index in [0.717, 1.165) is 6.42 Å². The second kappa shape index (κ2) is 9.76. The second-order valence-corrected chi connectivity index (χ2v) is 5.86. The van der Waals surface area contributed by atoms with Gasteiger partial charge < -0.3 is 9.47 Å². The molecule has 0 unspecified atom stereocenters. The van der Waals surface area contributed by atoms with E-state index in [-0.39, 0.29) is 5.56 Å². The Morgan fingerprint density at radius 1 is 1.45 bits per heavy atom. The minimum absolute atomic E-state index is 0.272. The van der Waals surface area contributed by atoms with Gasteiger partial charge in [0.2, 0.25) is 0 Å². The van der Waals surface area contributed by atoms with Gasteiger partial charge >= 0.3 is 0 Å². The number of methoxy groups -OCH3 is 1. The molecule has 0 aromatic carbocycles. The minimum Gasteiger partial charge on any atom is -0.492 e. The lowest BCUT2D eigenvalue weighted by atomic mass is 10.3. The number of hydrogen-bond donors (Lipinski definition) is 0. The molecule has 0 aliphatic heterocycles. The molecule has 0 N–H and O–H groups in total. The van der Waals surface area contributed by atoms with Crippen LogP contribution in [0.2, 0.25) is 0 Å². The molecule has 5 nitrogen and oxygen atoms in total. The van der Waals surface area contributed by atoms with E-state index in [0.29, 0.717) is 33.6 Å². The Hall–Kier alpha value is -1.18. The molecule has 22 heavy (non-hydrogen) atoms. The van der Waals surface area contributed by atoms with Gasteiger partial charge in [-0.05, 0) is 44.4 Å². The van der Waals surface area contributed by atoms with Gasteiger partial charge in [-0.1, -0.05) is 19.6 Å². The monoisotopic (exact) mass is 432 g/mol. The molecule has 1 heterocycles. The van der Waals surface area contributed by atoms with E-state index < -0.39 is 0 Å². The molecule has 0 atom stereocenters. The number of nitrogens with zero attached hydrogens (tertiary/aromatic N) is 2. The highest BCUT2D eigenvalue weighted by molar-refractivity contribution is 9.13. The van der Waals surface area contributed by atoms with Crippen molar-refractivity contribution in [2.75, 3.05) is 20.3 Å². The summed E-state index contributed by atoms with van der Waals surface area (Å²) in [6.45, 7) is 6.68. The Kier molecular flexibility index (Phi) is 8.37. The minimum atomic E-state index is -0.272. The molecule has 1 aromatic rings. The largest absolute Gasteiger partial charge is 0.492 e. The molecule has 0 aliphatic carbocycles. The van der Waals surface area contributed by atoms with E-state index >= 15 is 0 Å². The SMILES string of the molecule is C=C(/C=C(\C=C/CC)n1ncc(Br)c(Br)c1=O)OCCOC. The zero-order chi connectivity index (χ0) is 16.5. The summed E-state index contributed by atoms with van der Waals surface area (Å²) in [5.74, 6) is 0.431. The van der Waals surface area contributed by atoms with Gasteiger partial charge in [-0.15, -0.1) is 0 Å². The third-order valence-corrected chi connectivity index (χ3v) is 4.43. The molecule has 120 valence electrons. The lowest BCUT2D eigenvalue weighted by molar-refractivity contribution is 0.115. The van der Waals surface area contributed by atoms with Crippen molar-refractivity contribution in [1.29, 1.82) is 0 Å². The van der Waals surface area contributed by atoms with E-state index in [1.807, 2.05) is 13.0 Å². The van der Waals surface area contributed by atoms with E-state index in [1.54, 1.807) is 25.5 Å². The number of halogens is 2. The molecule has 1 rings (SSSR count). The van der Waals surface area contributed by atoms with Gasteiger partial charge in [-0.25, -0.2) is 0 Å². The Morgan fingerprint density at radius 3 is 2.82 bits per heavy atom. The highest BCUT2D eigenvalue weighted by atomic mass is 79.9. The van der Waals surface area contributed by atoms with Crippen LogP contribution in [-0.4, -0.2) is 30.1 Å². The van der Waals surface area contributed by atoms with Gasteiger partial charge in [-0.3, -0.25) is 4.79 Å². The first kappa shape index (κ1) is 18.9. The summed E-state index contributed by atoms with van der Waals surface area (Å²) >= 11 is 6.50. The van der Waals surface area contributed by atoms with E-state index in [4.69, 9.17) is 9.47 Å². The fourth-order valence-electron chi connectivity index (χ4n) is 1.48. The first-order valence-electron chi connectivity index (χ1n) is 6.63. The summed E-state index contributed by atoms with van der Waals surface area (Å²) in [6, 6.07) is 0. The van der Waals surface area contributed by atoms with Gasteiger partial charge in [0.25, 0.3) is 5.56 Å². The molecule has 0 radical (unpaired) electrons. The summed E-state index contributed by atoms with van der Waals surface area (Å²) < 4.78 is 12.6. The zero-order valence-corrected chi connectivity index (χ0v) is 15.7. The van der Waals surface area contributed by atoms with Crippen LogP contribution in [0.3, 0.4) is 0 Å². The predicted octanol–water partition coefficient (Wildman–Crippen LogP) is 3.75. The molecule has 0 aliphatic rings. The number of hydrogen-bond acceptors (Lipinski definition) is 4. The fraction of sp³-hybridized carbons (Fsp3) is 0.333. The molecule has 0 amide bonds. The Bertz CT molecular complexity index is 636. The third kappa shape index (κ3) is 5.55. The van der Waals surface area contributed by atoms with Gasteiger partial charge in [0.05, 0.1) is 23.0 Å². The fourth-order valence-corrected chi connectivity index (χ4v) is 2.01. The van der Waals surface area contributed by atoms with Gasteiger partial charge in [0, 0.05) is 13.2 Å². The van der Waals surface area contributed by atoms with Crippen molar-refractivity contribution in [1.82, 2.24) is 9.78 Å². The van der Waals surface area contributed by atoms with Gasteiger partial charge in [-0.2, -0.15) is 9.78 Å². The first-order valence-corrected chi connectivity index (χ1v) is 8.22. The van der Waals surface area contributed by atoms with Gasteiger partial charge in [0.1, 0.15) is 16.8 Å². The van der Waals surface area contributed by atoms with Crippen LogP contribution in [0.4, 0.5) is 0 Å². The predicted molar refractivity (Wildman–Crippen MR) is 94.6 cm³/mol. The van der Waals surface area contributed by atoms with Crippen molar-refractivity contribution in [3.8, 4) is 0 Å². The Morgan fingerprint density at radius 2 is 2.18 bits per heavy atom. The zero-order valence-electron chi connectivity index (χ0n) is 12.5. The average molecular weight is 434 g/mol. The lowest BCUT2D eigenvalue weighted by Gasteiger charge is -2.09. The molecule has 0 saturated carbocycles. The van der Waals surface area contributed by atoms with Crippen LogP contribution in [0.5, 0.6) is 0 Å². The van der Waals surface area contributed by atoms with Crippen molar-refractivity contribution in [2.24, 2.45) is 0 Å². The maximum absolute atomic E-state index is 12.3. The van der Waals surface area contributed by atoms with Crippen LogP contribution in [0.1, 0.15) is 13.3 Å². The van der Waals surface area contributed by atoms with E-state index in [1.165, 1.54) is 4.68 Å². The molecule has 0 spiro atoms. The maximum atomic E-state index is 12.3. The van der Waals surface area contributed by atoms with Crippen LogP contribution in [-0.2, 0) is 9.47 Å².